The Morgan fingerprint density at radius 3 is 1.32 bits per heavy atom. The predicted molar refractivity (Wildman–Crippen MR) is 128 cm³/mol. The Labute approximate surface area is 198 Å². The number of hydrogen-bond acceptors (Lipinski definition) is 8. The van der Waals surface area contributed by atoms with Gasteiger partial charge in [0.15, 0.2) is 0 Å². The number of aromatic hydroxyl groups is 2. The maximum Gasteiger partial charge on any atom is 0.121 e. The zero-order valence-electron chi connectivity index (χ0n) is 18.9. The van der Waals surface area contributed by atoms with E-state index in [9.17, 15) is 30.6 Å². The first-order chi connectivity index (χ1) is 16.4. The molecule has 3 aromatic rings. The van der Waals surface area contributed by atoms with Gasteiger partial charge in [0.1, 0.15) is 11.5 Å². The largest absolute Gasteiger partial charge is 0.508 e. The molecule has 0 amide bonds. The molecule has 0 spiro atoms. The van der Waals surface area contributed by atoms with Gasteiger partial charge in [0.05, 0.1) is 25.4 Å². The van der Waals surface area contributed by atoms with Gasteiger partial charge in [-0.2, -0.15) is 0 Å². The fourth-order valence-corrected chi connectivity index (χ4v) is 3.60. The lowest BCUT2D eigenvalue weighted by atomic mass is 10.0. The lowest BCUT2D eigenvalue weighted by Crippen LogP contribution is -2.22. The molecule has 0 fully saturated rings. The third-order valence-electron chi connectivity index (χ3n) is 5.67. The molecule has 34 heavy (non-hydrogen) atoms. The summed E-state index contributed by atoms with van der Waals surface area (Å²) in [4.78, 5) is 0. The van der Waals surface area contributed by atoms with E-state index in [-0.39, 0.29) is 24.7 Å². The van der Waals surface area contributed by atoms with Crippen molar-refractivity contribution in [2.75, 3.05) is 13.1 Å². The van der Waals surface area contributed by atoms with Crippen LogP contribution in [-0.4, -0.2) is 43.7 Å². The summed E-state index contributed by atoms with van der Waals surface area (Å²) in [7, 11) is 0. The zero-order valence-corrected chi connectivity index (χ0v) is 18.9. The molecule has 0 aliphatic heterocycles. The van der Waals surface area contributed by atoms with Gasteiger partial charge in [-0.1, -0.05) is 36.4 Å². The van der Waals surface area contributed by atoms with Crippen LogP contribution in [0.25, 0.3) is 0 Å². The van der Waals surface area contributed by atoms with Crippen molar-refractivity contribution in [2.24, 2.45) is 0 Å². The molecule has 0 bridgehead atoms. The van der Waals surface area contributed by atoms with E-state index in [1.54, 1.807) is 24.3 Å². The molecular formula is C26H32N2O6. The lowest BCUT2D eigenvalue weighted by molar-refractivity contribution is 0.173. The van der Waals surface area contributed by atoms with Gasteiger partial charge in [0.2, 0.25) is 0 Å². The number of aliphatic hydroxyl groups excluding tert-OH is 4. The Morgan fingerprint density at radius 2 is 0.971 bits per heavy atom. The number of rotatable bonds is 12. The first-order valence-electron chi connectivity index (χ1n) is 11.1. The minimum atomic E-state index is -0.761. The van der Waals surface area contributed by atoms with Crippen LogP contribution >= 0.6 is 0 Å². The second-order valence-electron chi connectivity index (χ2n) is 8.20. The van der Waals surface area contributed by atoms with Gasteiger partial charge in [0, 0.05) is 37.3 Å². The highest BCUT2D eigenvalue weighted by Crippen LogP contribution is 2.23. The number of benzene rings is 3. The maximum absolute atomic E-state index is 10.3. The Morgan fingerprint density at radius 1 is 0.588 bits per heavy atom. The average Bonchev–Trinajstić information content (AvgIpc) is 2.85. The van der Waals surface area contributed by atoms with E-state index in [0.29, 0.717) is 48.4 Å². The number of phenols is 2. The van der Waals surface area contributed by atoms with Crippen LogP contribution in [0, 0.1) is 0 Å². The van der Waals surface area contributed by atoms with Crippen molar-refractivity contribution < 1.29 is 30.6 Å². The van der Waals surface area contributed by atoms with Gasteiger partial charge in [-0.25, -0.2) is 0 Å². The highest BCUT2D eigenvalue weighted by molar-refractivity contribution is 5.37. The first kappa shape index (κ1) is 25.6. The molecule has 0 aliphatic rings. The van der Waals surface area contributed by atoms with Crippen LogP contribution in [0.5, 0.6) is 11.5 Å². The number of nitrogens with one attached hydrogen (secondary N) is 2. The molecule has 8 N–H and O–H groups in total. The molecular weight excluding hydrogens is 436 g/mol. The fraction of sp³-hybridized carbons (Fsp3) is 0.308. The van der Waals surface area contributed by atoms with Crippen LogP contribution in [0.4, 0.5) is 0 Å². The minimum absolute atomic E-state index is 0.00619. The monoisotopic (exact) mass is 468 g/mol. The van der Waals surface area contributed by atoms with E-state index in [0.717, 1.165) is 11.1 Å². The molecule has 0 saturated carbocycles. The Bertz CT molecular complexity index is 973. The summed E-state index contributed by atoms with van der Waals surface area (Å²) >= 11 is 0. The summed E-state index contributed by atoms with van der Waals surface area (Å²) in [6.07, 6.45) is -1.52. The van der Waals surface area contributed by atoms with Crippen LogP contribution in [0.15, 0.2) is 60.7 Å². The molecule has 2 unspecified atom stereocenters. The van der Waals surface area contributed by atoms with Gasteiger partial charge in [-0.15, -0.1) is 0 Å². The van der Waals surface area contributed by atoms with Crippen LogP contribution in [0.2, 0.25) is 0 Å². The van der Waals surface area contributed by atoms with Crippen LogP contribution in [0.3, 0.4) is 0 Å². The average molecular weight is 469 g/mol. The molecule has 2 atom stereocenters. The molecule has 8 heteroatoms. The van der Waals surface area contributed by atoms with Crippen LogP contribution in [0.1, 0.15) is 45.6 Å². The molecule has 0 aromatic heterocycles. The second kappa shape index (κ2) is 12.5. The first-order valence-corrected chi connectivity index (χ1v) is 11.1. The van der Waals surface area contributed by atoms with Gasteiger partial charge in [-0.05, 0) is 46.5 Å². The molecule has 3 rings (SSSR count). The summed E-state index contributed by atoms with van der Waals surface area (Å²) in [6, 6.07) is 17.3. The quantitative estimate of drug-likeness (QED) is 0.201. The van der Waals surface area contributed by atoms with Crippen LogP contribution < -0.4 is 10.6 Å². The molecule has 3 aromatic carbocycles. The van der Waals surface area contributed by atoms with E-state index in [2.05, 4.69) is 10.6 Å². The standard InChI is InChI=1S/C26H32N2O6/c29-15-21-9-19(5-7-23(21)31)25(33)13-27-11-17-1-2-18(4-3-17)12-28-14-26(34)20-6-8-24(32)22(10-20)16-30/h1-10,25-34H,11-16H2. The Hall–Kier alpha value is -2.98. The van der Waals surface area contributed by atoms with Gasteiger partial charge >= 0.3 is 0 Å². The highest BCUT2D eigenvalue weighted by Gasteiger charge is 2.11. The molecule has 0 saturated heterocycles. The van der Waals surface area contributed by atoms with E-state index in [1.807, 2.05) is 24.3 Å². The van der Waals surface area contributed by atoms with Gasteiger partial charge in [0.25, 0.3) is 0 Å². The second-order valence-corrected chi connectivity index (χ2v) is 8.20. The topological polar surface area (TPSA) is 145 Å². The smallest absolute Gasteiger partial charge is 0.121 e. The molecule has 0 heterocycles. The van der Waals surface area contributed by atoms with Crippen molar-refractivity contribution >= 4 is 0 Å². The van der Waals surface area contributed by atoms with E-state index in [4.69, 9.17) is 0 Å². The maximum atomic E-state index is 10.3. The van der Waals surface area contributed by atoms with E-state index >= 15 is 0 Å². The summed E-state index contributed by atoms with van der Waals surface area (Å²) in [5, 5.41) is 64.8. The van der Waals surface area contributed by atoms with Crippen molar-refractivity contribution in [3.63, 3.8) is 0 Å². The SMILES string of the molecule is OCc1cc(C(O)CNCc2ccc(CNCC(O)c3ccc(O)c(CO)c3)cc2)ccc1O. The summed E-state index contributed by atoms with van der Waals surface area (Å²) < 4.78 is 0. The van der Waals surface area contributed by atoms with Crippen LogP contribution in [-0.2, 0) is 26.3 Å². The Balaban J connectivity index is 1.42. The van der Waals surface area contributed by atoms with Gasteiger partial charge < -0.3 is 41.3 Å². The number of hydrogen-bond donors (Lipinski definition) is 8. The lowest BCUT2D eigenvalue weighted by Gasteiger charge is -2.15. The van der Waals surface area contributed by atoms with Crippen molar-refractivity contribution in [1.29, 1.82) is 0 Å². The zero-order chi connectivity index (χ0) is 24.5. The molecule has 0 aliphatic carbocycles. The Kier molecular flexibility index (Phi) is 9.41. The third kappa shape index (κ3) is 7.01. The van der Waals surface area contributed by atoms with E-state index < -0.39 is 12.2 Å². The predicted octanol–water partition coefficient (Wildman–Crippen LogP) is 1.73. The van der Waals surface area contributed by atoms with Gasteiger partial charge in [-0.3, -0.25) is 0 Å². The molecule has 0 radical (unpaired) electrons. The van der Waals surface area contributed by atoms with Crippen molar-refractivity contribution in [2.45, 2.75) is 38.5 Å². The summed E-state index contributed by atoms with van der Waals surface area (Å²) in [5.74, 6) is 0.0124. The molecule has 8 nitrogen and oxygen atoms in total. The molecule has 182 valence electrons. The van der Waals surface area contributed by atoms with Crippen molar-refractivity contribution in [1.82, 2.24) is 10.6 Å². The summed E-state index contributed by atoms with van der Waals surface area (Å²) in [5.41, 5.74) is 4.12. The minimum Gasteiger partial charge on any atom is -0.508 e. The van der Waals surface area contributed by atoms with E-state index in [1.165, 1.54) is 12.1 Å². The fourth-order valence-electron chi connectivity index (χ4n) is 3.60. The highest BCUT2D eigenvalue weighted by atomic mass is 16.3. The summed E-state index contributed by atoms with van der Waals surface area (Å²) in [6.45, 7) is 1.21. The number of aliphatic hydroxyl groups is 4. The van der Waals surface area contributed by atoms with Crippen molar-refractivity contribution in [3.05, 3.63) is 94.0 Å². The van der Waals surface area contributed by atoms with Crippen molar-refractivity contribution in [3.8, 4) is 11.5 Å². The third-order valence-corrected chi connectivity index (χ3v) is 5.67. The normalized spacial score (nSPS) is 13.1.